The van der Waals surface area contributed by atoms with Crippen LogP contribution in [0, 0.1) is 5.92 Å². The number of rotatable bonds is 5. The van der Waals surface area contributed by atoms with E-state index in [2.05, 4.69) is 0 Å². The highest BCUT2D eigenvalue weighted by Gasteiger charge is 2.37. The van der Waals surface area contributed by atoms with Gasteiger partial charge >= 0.3 is 12.0 Å². The van der Waals surface area contributed by atoms with Gasteiger partial charge in [0, 0.05) is 26.2 Å². The summed E-state index contributed by atoms with van der Waals surface area (Å²) in [6, 6.07) is -0.891. The molecule has 0 aromatic rings. The van der Waals surface area contributed by atoms with Crippen molar-refractivity contribution >= 4 is 12.0 Å². The highest BCUT2D eigenvalue weighted by Crippen LogP contribution is 2.24. The molecule has 2 atom stereocenters. The fraction of sp³-hybridized carbons (Fsp3) is 0.857. The van der Waals surface area contributed by atoms with Gasteiger partial charge in [-0.1, -0.05) is 6.92 Å². The quantitative estimate of drug-likeness (QED) is 0.834. The molecule has 1 N–H and O–H groups in total. The number of likely N-dealkylation sites (tertiary alicyclic amines) is 1. The standard InChI is InChI=1S/C14H26N2O4/c1-10(2)15(7-8-20-4)14(19)16-6-5-11(3)9-12(16)13(17)18/h10-12H,5-9H2,1-4H3,(H,17,18). The summed E-state index contributed by atoms with van der Waals surface area (Å²) in [7, 11) is 1.59. The van der Waals surface area contributed by atoms with Gasteiger partial charge in [-0.15, -0.1) is 0 Å². The number of urea groups is 1. The van der Waals surface area contributed by atoms with Crippen LogP contribution in [-0.4, -0.2) is 65.8 Å². The summed E-state index contributed by atoms with van der Waals surface area (Å²) in [5.41, 5.74) is 0. The van der Waals surface area contributed by atoms with E-state index in [-0.39, 0.29) is 12.1 Å². The molecule has 1 fully saturated rings. The molecule has 0 saturated carbocycles. The first-order valence-corrected chi connectivity index (χ1v) is 7.17. The molecule has 0 aliphatic carbocycles. The molecule has 20 heavy (non-hydrogen) atoms. The van der Waals surface area contributed by atoms with E-state index in [1.165, 1.54) is 4.90 Å². The maximum absolute atomic E-state index is 12.6. The van der Waals surface area contributed by atoms with Crippen molar-refractivity contribution in [1.82, 2.24) is 9.80 Å². The summed E-state index contributed by atoms with van der Waals surface area (Å²) in [5, 5.41) is 9.33. The molecular weight excluding hydrogens is 260 g/mol. The number of amides is 2. The molecule has 0 spiro atoms. The first-order valence-electron chi connectivity index (χ1n) is 7.17. The summed E-state index contributed by atoms with van der Waals surface area (Å²) >= 11 is 0. The van der Waals surface area contributed by atoms with E-state index in [0.717, 1.165) is 6.42 Å². The lowest BCUT2D eigenvalue weighted by Crippen LogP contribution is -2.56. The van der Waals surface area contributed by atoms with Crippen LogP contribution < -0.4 is 0 Å². The van der Waals surface area contributed by atoms with Crippen molar-refractivity contribution in [3.63, 3.8) is 0 Å². The van der Waals surface area contributed by atoms with E-state index in [9.17, 15) is 14.7 Å². The Morgan fingerprint density at radius 1 is 1.45 bits per heavy atom. The second-order valence-electron chi connectivity index (χ2n) is 5.74. The number of hydrogen-bond acceptors (Lipinski definition) is 3. The van der Waals surface area contributed by atoms with E-state index in [1.807, 2.05) is 20.8 Å². The molecule has 0 aromatic heterocycles. The first kappa shape index (κ1) is 16.8. The first-order chi connectivity index (χ1) is 9.38. The molecule has 0 radical (unpaired) electrons. The van der Waals surface area contributed by atoms with Crippen molar-refractivity contribution in [2.45, 2.75) is 45.7 Å². The number of methoxy groups -OCH3 is 1. The van der Waals surface area contributed by atoms with E-state index < -0.39 is 12.0 Å². The van der Waals surface area contributed by atoms with Gasteiger partial charge in [-0.3, -0.25) is 0 Å². The number of carbonyl (C=O) groups is 2. The van der Waals surface area contributed by atoms with E-state index in [1.54, 1.807) is 12.0 Å². The van der Waals surface area contributed by atoms with Crippen molar-refractivity contribution in [1.29, 1.82) is 0 Å². The van der Waals surface area contributed by atoms with Crippen LogP contribution in [0.2, 0.25) is 0 Å². The maximum Gasteiger partial charge on any atom is 0.326 e. The monoisotopic (exact) mass is 286 g/mol. The number of hydrogen-bond donors (Lipinski definition) is 1. The summed E-state index contributed by atoms with van der Waals surface area (Å²) in [6.07, 6.45) is 1.38. The van der Waals surface area contributed by atoms with Crippen LogP contribution >= 0.6 is 0 Å². The Labute approximate surface area is 120 Å². The fourth-order valence-electron chi connectivity index (χ4n) is 2.53. The molecule has 1 rings (SSSR count). The van der Waals surface area contributed by atoms with Gasteiger partial charge in [-0.25, -0.2) is 9.59 Å². The largest absolute Gasteiger partial charge is 0.480 e. The van der Waals surface area contributed by atoms with Gasteiger partial charge in [0.05, 0.1) is 6.61 Å². The van der Waals surface area contributed by atoms with Crippen LogP contribution in [0.5, 0.6) is 0 Å². The normalized spacial score (nSPS) is 22.9. The number of ether oxygens (including phenoxy) is 1. The van der Waals surface area contributed by atoms with Gasteiger partial charge < -0.3 is 19.6 Å². The molecular formula is C14H26N2O4. The van der Waals surface area contributed by atoms with Crippen molar-refractivity contribution in [3.8, 4) is 0 Å². The third-order valence-electron chi connectivity index (χ3n) is 3.80. The zero-order valence-electron chi connectivity index (χ0n) is 12.8. The molecule has 1 heterocycles. The molecule has 1 aliphatic heterocycles. The van der Waals surface area contributed by atoms with Crippen molar-refractivity contribution < 1.29 is 19.4 Å². The van der Waals surface area contributed by atoms with Gasteiger partial charge in [0.25, 0.3) is 0 Å². The minimum atomic E-state index is -0.916. The van der Waals surface area contributed by atoms with Crippen LogP contribution in [0.1, 0.15) is 33.6 Å². The average Bonchev–Trinajstić information content (AvgIpc) is 2.38. The molecule has 2 unspecified atom stereocenters. The van der Waals surface area contributed by atoms with Gasteiger partial charge in [0.2, 0.25) is 0 Å². The van der Waals surface area contributed by atoms with Crippen molar-refractivity contribution in [3.05, 3.63) is 0 Å². The number of carboxylic acids is 1. The molecule has 0 bridgehead atoms. The van der Waals surface area contributed by atoms with Gasteiger partial charge in [-0.05, 0) is 32.6 Å². The van der Waals surface area contributed by atoms with Crippen molar-refractivity contribution in [2.24, 2.45) is 5.92 Å². The molecule has 1 saturated heterocycles. The minimum Gasteiger partial charge on any atom is -0.480 e. The third kappa shape index (κ3) is 4.10. The number of carboxylic acid groups (broad SMARTS) is 1. The molecule has 6 nitrogen and oxygen atoms in total. The number of carbonyl (C=O) groups excluding carboxylic acids is 1. The number of aliphatic carboxylic acids is 1. The maximum atomic E-state index is 12.6. The van der Waals surface area contributed by atoms with E-state index in [4.69, 9.17) is 4.74 Å². The lowest BCUT2D eigenvalue weighted by molar-refractivity contribution is -0.144. The van der Waals surface area contributed by atoms with Gasteiger partial charge in [0.15, 0.2) is 0 Å². The summed E-state index contributed by atoms with van der Waals surface area (Å²) in [5.74, 6) is -0.577. The third-order valence-corrected chi connectivity index (χ3v) is 3.80. The molecule has 6 heteroatoms. The van der Waals surface area contributed by atoms with Crippen LogP contribution in [0.3, 0.4) is 0 Å². The summed E-state index contributed by atoms with van der Waals surface area (Å²) < 4.78 is 5.02. The van der Waals surface area contributed by atoms with Crippen LogP contribution in [-0.2, 0) is 9.53 Å². The molecule has 1 aliphatic rings. The van der Waals surface area contributed by atoms with Gasteiger partial charge in [-0.2, -0.15) is 0 Å². The number of piperidine rings is 1. The predicted molar refractivity (Wildman–Crippen MR) is 75.6 cm³/mol. The molecule has 0 aromatic carbocycles. The van der Waals surface area contributed by atoms with Gasteiger partial charge in [0.1, 0.15) is 6.04 Å². The Bertz CT molecular complexity index is 346. The number of nitrogens with zero attached hydrogens (tertiary/aromatic N) is 2. The second kappa shape index (κ2) is 7.47. The Hall–Kier alpha value is -1.30. The summed E-state index contributed by atoms with van der Waals surface area (Å²) in [4.78, 5) is 27.2. The average molecular weight is 286 g/mol. The van der Waals surface area contributed by atoms with Crippen molar-refractivity contribution in [2.75, 3.05) is 26.8 Å². The smallest absolute Gasteiger partial charge is 0.326 e. The van der Waals surface area contributed by atoms with E-state index >= 15 is 0 Å². The zero-order valence-corrected chi connectivity index (χ0v) is 12.8. The summed E-state index contributed by atoms with van der Waals surface area (Å²) in [6.45, 7) is 7.32. The predicted octanol–water partition coefficient (Wildman–Crippen LogP) is 1.65. The Kier molecular flexibility index (Phi) is 6.26. The topological polar surface area (TPSA) is 70.1 Å². The minimum absolute atomic E-state index is 0.0199. The Morgan fingerprint density at radius 2 is 2.10 bits per heavy atom. The second-order valence-corrected chi connectivity index (χ2v) is 5.74. The van der Waals surface area contributed by atoms with Crippen LogP contribution in [0.15, 0.2) is 0 Å². The Morgan fingerprint density at radius 3 is 2.60 bits per heavy atom. The molecule has 116 valence electrons. The highest BCUT2D eigenvalue weighted by atomic mass is 16.5. The van der Waals surface area contributed by atoms with Crippen LogP contribution in [0.4, 0.5) is 4.79 Å². The van der Waals surface area contributed by atoms with Crippen LogP contribution in [0.25, 0.3) is 0 Å². The zero-order chi connectivity index (χ0) is 15.3. The lowest BCUT2D eigenvalue weighted by atomic mass is 9.92. The fourth-order valence-corrected chi connectivity index (χ4v) is 2.53. The SMILES string of the molecule is COCCN(C(=O)N1CCC(C)CC1C(=O)O)C(C)C. The van der Waals surface area contributed by atoms with E-state index in [0.29, 0.717) is 32.0 Å². The lowest BCUT2D eigenvalue weighted by Gasteiger charge is -2.40. The Balaban J connectivity index is 2.82. The highest BCUT2D eigenvalue weighted by molar-refractivity contribution is 5.83. The molecule has 2 amide bonds.